The predicted octanol–water partition coefficient (Wildman–Crippen LogP) is 15.3. The number of aromatic amines is 4. The molecule has 0 spiro atoms. The second-order valence-electron chi connectivity index (χ2n) is 27.3. The number of fused-ring (bicyclic) bond motifs is 4. The first-order valence-electron chi connectivity index (χ1n) is 37.0. The van der Waals surface area contributed by atoms with Gasteiger partial charge in [0.2, 0.25) is 0 Å². The standard InChI is InChI=1S/C25H19F4N3O2.3C21H21N3O3/c26-20-13-17(24(34)30-22(14-33)16-4-2-1-3-5-16)12-19-21(31-32-23(19)20)11-8-15-6-9-18(10-7-15)25(27,28)29;1-26-18-6-4-3-5-13(18)7-11-16-19-17(24-23-16)12-10-15(20(19)27-2)21(25)22-14-8-9-14;1-27-20-16(21(26)22-15-6-7-15)8-10-18-19(20)17(23-24-18)9-5-13-3-2-4-14(11-13)12-25;1-27-20-16(21(26)22-15-7-8-15)9-11-18-19(20)17(23-24-18)10-6-13-4-2-3-5-14(13)12-25/h1-13,22,33H,14H2,(H,30,34)(H,31,32);3-7,10-12,14H,8-9H2,1-2H3,(H,22,25)(H,23,24);2-5,8-11,15,25H,6-7,12H2,1H3,(H,22,26)(H,23,24);2-6,9-11,15,25H,7-8,12H2,1H3,(H,22,26)(H,23,24)/b11-8+;11-7+;9-5+;10-6+/t22-;;;/m1.../s1. The summed E-state index contributed by atoms with van der Waals surface area (Å²) in [5.74, 6) is 0.680. The van der Waals surface area contributed by atoms with Gasteiger partial charge in [-0.3, -0.25) is 39.6 Å². The van der Waals surface area contributed by atoms with E-state index in [4.69, 9.17) is 18.9 Å². The number of aliphatic hydroxyl groups excluding tert-OH is 3. The number of halogens is 4. The second-order valence-corrected chi connectivity index (χ2v) is 27.3. The minimum Gasteiger partial charge on any atom is -0.496 e. The topological polar surface area (TPSA) is 329 Å². The average Bonchev–Trinajstić information content (AvgIpc) is 1.78. The highest BCUT2D eigenvalue weighted by molar-refractivity contribution is 6.08. The fourth-order valence-electron chi connectivity index (χ4n) is 12.8. The molecule has 9 aromatic carbocycles. The molecule has 3 aliphatic carbocycles. The van der Waals surface area contributed by atoms with Gasteiger partial charge in [-0.05, 0) is 175 Å². The molecule has 0 bridgehead atoms. The van der Waals surface area contributed by atoms with Crippen molar-refractivity contribution in [3.8, 4) is 23.0 Å². The van der Waals surface area contributed by atoms with Crippen LogP contribution in [0.1, 0.15) is 153 Å². The Morgan fingerprint density at radius 1 is 0.470 bits per heavy atom. The first kappa shape index (κ1) is 79.6. The summed E-state index contributed by atoms with van der Waals surface area (Å²) >= 11 is 0. The number of H-pyrrole nitrogens is 4. The highest BCUT2D eigenvalue weighted by Gasteiger charge is 2.32. The van der Waals surface area contributed by atoms with E-state index in [0.717, 1.165) is 140 Å². The van der Waals surface area contributed by atoms with Crippen LogP contribution < -0.4 is 40.2 Å². The van der Waals surface area contributed by atoms with E-state index in [1.807, 2.05) is 134 Å². The van der Waals surface area contributed by atoms with Gasteiger partial charge >= 0.3 is 6.18 Å². The van der Waals surface area contributed by atoms with Crippen molar-refractivity contribution in [2.45, 2.75) is 82.1 Å². The third kappa shape index (κ3) is 19.3. The Bertz CT molecular complexity index is 5630. The Balaban J connectivity index is 0.000000134. The largest absolute Gasteiger partial charge is 0.496 e. The zero-order valence-corrected chi connectivity index (χ0v) is 62.9. The fraction of sp³-hybridized carbons (Fsp3) is 0.205. The van der Waals surface area contributed by atoms with Crippen LogP contribution in [0.25, 0.3) is 92.2 Å². The Hall–Kier alpha value is -13.5. The van der Waals surface area contributed by atoms with E-state index >= 15 is 0 Å². The van der Waals surface area contributed by atoms with Crippen molar-refractivity contribution in [3.05, 3.63) is 271 Å². The Kier molecular flexibility index (Phi) is 25.1. The monoisotopic (exact) mass is 1560 g/mol. The number of carbonyl (C=O) groups is 4. The molecule has 1 atom stereocenters. The van der Waals surface area contributed by atoms with Gasteiger partial charge in [-0.1, -0.05) is 121 Å². The number of hydrogen-bond donors (Lipinski definition) is 11. The summed E-state index contributed by atoms with van der Waals surface area (Å²) in [6.45, 7) is -0.367. The van der Waals surface area contributed by atoms with E-state index in [0.29, 0.717) is 56.1 Å². The minimum absolute atomic E-state index is 0.00194. The summed E-state index contributed by atoms with van der Waals surface area (Å²) < 4.78 is 75.0. The summed E-state index contributed by atoms with van der Waals surface area (Å²) in [7, 11) is 6.34. The lowest BCUT2D eigenvalue weighted by Crippen LogP contribution is -2.30. The van der Waals surface area contributed by atoms with Crippen LogP contribution in [0.2, 0.25) is 0 Å². The molecule has 588 valence electrons. The summed E-state index contributed by atoms with van der Waals surface area (Å²) in [6, 6.07) is 49.9. The van der Waals surface area contributed by atoms with E-state index in [9.17, 15) is 52.1 Å². The van der Waals surface area contributed by atoms with Crippen LogP contribution in [0.4, 0.5) is 17.6 Å². The maximum absolute atomic E-state index is 14.6. The smallest absolute Gasteiger partial charge is 0.416 e. The van der Waals surface area contributed by atoms with Crippen LogP contribution in [-0.4, -0.2) is 133 Å². The number of rotatable bonds is 24. The van der Waals surface area contributed by atoms with E-state index in [2.05, 4.69) is 62.1 Å². The third-order valence-electron chi connectivity index (χ3n) is 19.3. The fourth-order valence-corrected chi connectivity index (χ4v) is 12.8. The van der Waals surface area contributed by atoms with Gasteiger partial charge in [0.25, 0.3) is 23.6 Å². The molecular formula is C88H82F4N12O11. The normalized spacial score (nSPS) is 13.6. The van der Waals surface area contributed by atoms with Crippen LogP contribution in [0.15, 0.2) is 176 Å². The second kappa shape index (κ2) is 36.3. The molecule has 16 rings (SSSR count). The van der Waals surface area contributed by atoms with Crippen LogP contribution in [0.5, 0.6) is 23.0 Å². The van der Waals surface area contributed by atoms with Gasteiger partial charge in [-0.25, -0.2) is 4.39 Å². The van der Waals surface area contributed by atoms with Crippen molar-refractivity contribution in [3.63, 3.8) is 0 Å². The van der Waals surface area contributed by atoms with Gasteiger partial charge in [0, 0.05) is 34.6 Å². The minimum atomic E-state index is -4.42. The Morgan fingerprint density at radius 2 is 0.939 bits per heavy atom. The van der Waals surface area contributed by atoms with Gasteiger partial charge in [-0.2, -0.15) is 33.6 Å². The van der Waals surface area contributed by atoms with Gasteiger partial charge in [0.15, 0.2) is 5.82 Å². The molecule has 0 saturated heterocycles. The molecule has 4 heterocycles. The summed E-state index contributed by atoms with van der Waals surface area (Å²) in [6.07, 6.45) is 16.3. The van der Waals surface area contributed by atoms with Crippen LogP contribution in [-0.2, 0) is 19.4 Å². The summed E-state index contributed by atoms with van der Waals surface area (Å²) in [5.41, 5.74) is 11.4. The molecule has 27 heteroatoms. The number of nitrogens with one attached hydrogen (secondary N) is 8. The SMILES string of the molecule is COc1c(C(=O)NC2CC2)ccc2n[nH]c(/C=C/c3cccc(CO)c3)c12.COc1c(C(=O)NC2CC2)ccc2n[nH]c(/C=C/c3ccccc3CO)c12.COc1ccccc1/C=C/c1[nH]nc2ccc(C(=O)NC3CC3)c(OC)c12.O=C(N[C@H](CO)c1ccccc1)c1cc(F)c2n[nH]c(/C=C/c3ccc(C(F)(F)F)cc3)c2c1. The maximum atomic E-state index is 14.6. The van der Waals surface area contributed by atoms with Crippen molar-refractivity contribution < 1.29 is 71.0 Å². The molecule has 4 aromatic heterocycles. The van der Waals surface area contributed by atoms with E-state index in [-0.39, 0.29) is 66.7 Å². The van der Waals surface area contributed by atoms with Gasteiger partial charge in [-0.15, -0.1) is 0 Å². The molecule has 11 N–H and O–H groups in total. The summed E-state index contributed by atoms with van der Waals surface area (Å²) in [5, 5.41) is 71.4. The molecule has 3 fully saturated rings. The van der Waals surface area contributed by atoms with E-state index in [1.165, 1.54) is 18.2 Å². The summed E-state index contributed by atoms with van der Waals surface area (Å²) in [4.78, 5) is 50.4. The molecule has 4 amide bonds. The number of alkyl halides is 3. The number of hydrogen-bond acceptors (Lipinski definition) is 15. The lowest BCUT2D eigenvalue weighted by Gasteiger charge is -2.16. The molecule has 0 unspecified atom stereocenters. The highest BCUT2D eigenvalue weighted by atomic mass is 19.4. The van der Waals surface area contributed by atoms with Crippen molar-refractivity contribution in [1.29, 1.82) is 0 Å². The number of ether oxygens (including phenoxy) is 4. The van der Waals surface area contributed by atoms with Gasteiger partial charge in [0.05, 0.1) is 132 Å². The maximum Gasteiger partial charge on any atom is 0.416 e. The van der Waals surface area contributed by atoms with Crippen LogP contribution in [0.3, 0.4) is 0 Å². The van der Waals surface area contributed by atoms with Gasteiger partial charge < -0.3 is 55.5 Å². The molecule has 115 heavy (non-hydrogen) atoms. The first-order valence-corrected chi connectivity index (χ1v) is 37.0. The number of benzene rings is 9. The molecule has 0 radical (unpaired) electrons. The van der Waals surface area contributed by atoms with Crippen LogP contribution >= 0.6 is 0 Å². The number of methoxy groups -OCH3 is 4. The number of nitrogens with zero attached hydrogens (tertiary/aromatic N) is 4. The number of carbonyl (C=O) groups excluding carboxylic acids is 4. The lowest BCUT2D eigenvalue weighted by molar-refractivity contribution is -0.137. The number of aliphatic hydroxyl groups is 3. The predicted molar refractivity (Wildman–Crippen MR) is 434 cm³/mol. The van der Waals surface area contributed by atoms with E-state index in [1.54, 1.807) is 83.1 Å². The molecule has 0 aliphatic heterocycles. The van der Waals surface area contributed by atoms with Crippen molar-refractivity contribution >= 4 is 116 Å². The average molecular weight is 1560 g/mol. The highest BCUT2D eigenvalue weighted by Crippen LogP contribution is 2.38. The molecule has 3 saturated carbocycles. The number of para-hydroxylation sites is 1. The van der Waals surface area contributed by atoms with Crippen LogP contribution in [0, 0.1) is 5.82 Å². The number of aromatic nitrogens is 8. The lowest BCUT2D eigenvalue weighted by atomic mass is 10.0. The quantitative estimate of drug-likeness (QED) is 0.0251. The molecular weight excluding hydrogens is 1480 g/mol. The Morgan fingerprint density at radius 3 is 1.43 bits per heavy atom. The van der Waals surface area contributed by atoms with Crippen molar-refractivity contribution in [2.24, 2.45) is 0 Å². The van der Waals surface area contributed by atoms with E-state index < -0.39 is 29.5 Å². The Labute approximate surface area is 657 Å². The zero-order valence-electron chi connectivity index (χ0n) is 62.9. The first-order chi connectivity index (χ1) is 55.9. The van der Waals surface area contributed by atoms with Crippen molar-refractivity contribution in [1.82, 2.24) is 62.1 Å². The molecule has 3 aliphatic rings. The molecule has 23 nitrogen and oxygen atoms in total. The van der Waals surface area contributed by atoms with Crippen molar-refractivity contribution in [2.75, 3.05) is 35.0 Å². The van der Waals surface area contributed by atoms with Gasteiger partial charge in [0.1, 0.15) is 28.5 Å². The number of amides is 4. The third-order valence-corrected chi connectivity index (χ3v) is 19.3. The molecule has 13 aromatic rings. The zero-order chi connectivity index (χ0) is 80.7.